The average Bonchev–Trinajstić information content (AvgIpc) is 2.97. The number of rotatable bonds is 9. The number of hydrogen-bond donors (Lipinski definition) is 1. The van der Waals surface area contributed by atoms with Crippen LogP contribution >= 0.6 is 0 Å². The van der Waals surface area contributed by atoms with E-state index in [1.54, 1.807) is 47.6 Å². The van der Waals surface area contributed by atoms with Crippen molar-refractivity contribution in [1.29, 1.82) is 0 Å². The summed E-state index contributed by atoms with van der Waals surface area (Å²) < 4.78 is 40.9. The summed E-state index contributed by atoms with van der Waals surface area (Å²) in [4.78, 5) is 15.7. The highest BCUT2D eigenvalue weighted by molar-refractivity contribution is 7.82. The summed E-state index contributed by atoms with van der Waals surface area (Å²) in [7, 11) is 2.31. The zero-order valence-corrected chi connectivity index (χ0v) is 23.0. The third kappa shape index (κ3) is 5.75. The van der Waals surface area contributed by atoms with Crippen LogP contribution in [0, 0.1) is 17.6 Å². The monoisotopic (exact) mass is 560 g/mol. The van der Waals surface area contributed by atoms with E-state index in [9.17, 15) is 22.9 Å². The molecule has 5 rings (SSSR count). The summed E-state index contributed by atoms with van der Waals surface area (Å²) in [6.07, 6.45) is -0.0401. The Labute approximate surface area is 235 Å². The number of nitrogens with zero attached hydrogens (tertiary/aromatic N) is 2. The molecule has 0 saturated carbocycles. The lowest BCUT2D eigenvalue weighted by molar-refractivity contribution is -0.131. The summed E-state index contributed by atoms with van der Waals surface area (Å²) in [5, 5.41) is 10.7. The number of aliphatic hydroxyl groups is 1. The van der Waals surface area contributed by atoms with Gasteiger partial charge < -0.3 is 10.0 Å². The average molecular weight is 561 g/mol. The molecule has 1 saturated heterocycles. The van der Waals surface area contributed by atoms with Gasteiger partial charge in [0.2, 0.25) is 5.91 Å². The van der Waals surface area contributed by atoms with Crippen LogP contribution in [0.5, 0.6) is 0 Å². The van der Waals surface area contributed by atoms with Crippen LogP contribution in [-0.4, -0.2) is 33.6 Å². The highest BCUT2D eigenvalue weighted by Gasteiger charge is 2.48. The van der Waals surface area contributed by atoms with Crippen molar-refractivity contribution in [2.75, 3.05) is 19.0 Å². The Balaban J connectivity index is 1.37. The van der Waals surface area contributed by atoms with Gasteiger partial charge in [0.1, 0.15) is 22.6 Å². The zero-order valence-electron chi connectivity index (χ0n) is 22.2. The molecule has 1 fully saturated rings. The van der Waals surface area contributed by atoms with Crippen LogP contribution in [0.1, 0.15) is 36.1 Å². The number of carbonyl (C=O) groups is 1. The van der Waals surface area contributed by atoms with E-state index < -0.39 is 17.1 Å². The Kier molecular flexibility index (Phi) is 8.21. The predicted octanol–water partition coefficient (Wildman–Crippen LogP) is 6.43. The van der Waals surface area contributed by atoms with Crippen molar-refractivity contribution in [2.24, 2.45) is 5.92 Å². The minimum absolute atomic E-state index is 0.0866. The van der Waals surface area contributed by atoms with Gasteiger partial charge in [-0.25, -0.2) is 17.3 Å². The number of hydrogen-bond acceptors (Lipinski definition) is 3. The fourth-order valence-corrected chi connectivity index (χ4v) is 5.93. The zero-order chi connectivity index (χ0) is 28.4. The van der Waals surface area contributed by atoms with E-state index in [1.165, 1.54) is 24.3 Å². The molecule has 0 spiro atoms. The maximum absolute atomic E-state index is 13.6. The molecule has 0 bridgehead atoms. The van der Waals surface area contributed by atoms with Crippen molar-refractivity contribution in [3.63, 3.8) is 0 Å². The number of benzene rings is 4. The van der Waals surface area contributed by atoms with Crippen molar-refractivity contribution in [2.45, 2.75) is 29.9 Å². The molecule has 1 amide bonds. The quantitative estimate of drug-likeness (QED) is 0.240. The topological polar surface area (TPSA) is 60.9 Å². The second-order valence-corrected chi connectivity index (χ2v) is 11.8. The predicted molar refractivity (Wildman–Crippen MR) is 153 cm³/mol. The van der Waals surface area contributed by atoms with E-state index in [1.807, 2.05) is 48.5 Å². The fraction of sp³-hybridized carbons (Fsp3) is 0.219. The van der Waals surface area contributed by atoms with E-state index >= 15 is 0 Å². The van der Waals surface area contributed by atoms with Crippen molar-refractivity contribution in [3.8, 4) is 11.1 Å². The first-order chi connectivity index (χ1) is 19.2. The van der Waals surface area contributed by atoms with Crippen LogP contribution in [0.4, 0.5) is 14.5 Å². The van der Waals surface area contributed by atoms with E-state index in [4.69, 9.17) is 0 Å². The third-order valence-corrected chi connectivity index (χ3v) is 8.64. The SMILES string of the molecule is CN(C)S(=O)c1ccc(-c2ccc(C3C(CCC(O)c4ccc(F)cc4)C(=O)N3c3ccc(F)cc3)cc2)cc1. The summed E-state index contributed by atoms with van der Waals surface area (Å²) >= 11 is 0. The first-order valence-corrected chi connectivity index (χ1v) is 14.2. The van der Waals surface area contributed by atoms with Crippen LogP contribution in [0.25, 0.3) is 11.1 Å². The normalized spacial score (nSPS) is 18.4. The maximum Gasteiger partial charge on any atom is 0.233 e. The molecule has 8 heteroatoms. The van der Waals surface area contributed by atoms with Crippen molar-refractivity contribution in [1.82, 2.24) is 4.31 Å². The van der Waals surface area contributed by atoms with Crippen LogP contribution < -0.4 is 4.90 Å². The first kappa shape index (κ1) is 27.8. The summed E-state index contributed by atoms with van der Waals surface area (Å²) in [5.74, 6) is -1.21. The number of halogens is 2. The highest BCUT2D eigenvalue weighted by atomic mass is 32.2. The van der Waals surface area contributed by atoms with Crippen molar-refractivity contribution < 1.29 is 22.9 Å². The van der Waals surface area contributed by atoms with Gasteiger partial charge in [-0.05, 0) is 97.7 Å². The van der Waals surface area contributed by atoms with Crippen molar-refractivity contribution >= 4 is 22.6 Å². The van der Waals surface area contributed by atoms with E-state index in [-0.39, 0.29) is 29.5 Å². The van der Waals surface area contributed by atoms with E-state index in [0.29, 0.717) is 24.1 Å². The first-order valence-electron chi connectivity index (χ1n) is 13.0. The Morgan fingerprint density at radius 3 is 1.90 bits per heavy atom. The van der Waals surface area contributed by atoms with Gasteiger partial charge in [-0.2, -0.15) is 0 Å². The highest BCUT2D eigenvalue weighted by Crippen LogP contribution is 2.46. The summed E-state index contributed by atoms with van der Waals surface area (Å²) in [5.41, 5.74) is 4.10. The van der Waals surface area contributed by atoms with Gasteiger partial charge in [0.25, 0.3) is 0 Å². The van der Waals surface area contributed by atoms with Gasteiger partial charge in [-0.1, -0.05) is 48.5 Å². The molecule has 0 aliphatic carbocycles. The molecule has 1 aliphatic heterocycles. The Hall–Kier alpha value is -3.72. The van der Waals surface area contributed by atoms with Crippen LogP contribution in [0.3, 0.4) is 0 Å². The maximum atomic E-state index is 13.6. The molecule has 4 aromatic rings. The van der Waals surface area contributed by atoms with Crippen molar-refractivity contribution in [3.05, 3.63) is 120 Å². The summed E-state index contributed by atoms with van der Waals surface area (Å²) in [6, 6.07) is 26.8. The Bertz CT molecular complexity index is 1490. The second-order valence-electron chi connectivity index (χ2n) is 10.1. The van der Waals surface area contributed by atoms with Gasteiger partial charge in [-0.15, -0.1) is 0 Å². The molecule has 5 nitrogen and oxygen atoms in total. The van der Waals surface area contributed by atoms with Crippen LogP contribution in [0.2, 0.25) is 0 Å². The molecule has 0 radical (unpaired) electrons. The Morgan fingerprint density at radius 2 is 1.35 bits per heavy atom. The Morgan fingerprint density at radius 1 is 0.825 bits per heavy atom. The number of carbonyl (C=O) groups excluding carboxylic acids is 1. The molecular weight excluding hydrogens is 530 g/mol. The largest absolute Gasteiger partial charge is 0.388 e. The van der Waals surface area contributed by atoms with Gasteiger partial charge in [0.05, 0.1) is 23.0 Å². The van der Waals surface area contributed by atoms with Gasteiger partial charge in [-0.3, -0.25) is 4.79 Å². The van der Waals surface area contributed by atoms with E-state index in [2.05, 4.69) is 0 Å². The number of aliphatic hydroxyl groups excluding tert-OH is 1. The molecule has 40 heavy (non-hydrogen) atoms. The lowest BCUT2D eigenvalue weighted by atomic mass is 9.78. The lowest BCUT2D eigenvalue weighted by Gasteiger charge is -2.48. The minimum atomic E-state index is -1.22. The molecular formula is C32H30F2N2O3S. The minimum Gasteiger partial charge on any atom is -0.388 e. The second kappa shape index (κ2) is 11.8. The fourth-order valence-electron chi connectivity index (χ4n) is 5.14. The molecule has 206 valence electrons. The number of anilines is 1. The van der Waals surface area contributed by atoms with E-state index in [0.717, 1.165) is 21.6 Å². The van der Waals surface area contributed by atoms with Crippen LogP contribution in [0.15, 0.2) is 102 Å². The smallest absolute Gasteiger partial charge is 0.233 e. The standard InChI is InChI=1S/C32H30F2N2O3S/c1-35(2)40(39)28-17-9-22(10-18-28)21-3-5-24(6-4-21)31-29(19-20-30(37)23-7-11-25(33)12-8-23)32(38)36(31)27-15-13-26(34)14-16-27/h3-18,29-31,37H,19-20H2,1-2H3. The molecule has 4 unspecified atom stereocenters. The molecule has 1 N–H and O–H groups in total. The number of amides is 1. The molecule has 4 aromatic carbocycles. The molecule has 4 atom stereocenters. The van der Waals surface area contributed by atoms with Gasteiger partial charge >= 0.3 is 0 Å². The third-order valence-electron chi connectivity index (χ3n) is 7.30. The van der Waals surface area contributed by atoms with Gasteiger partial charge in [0, 0.05) is 5.69 Å². The summed E-state index contributed by atoms with van der Waals surface area (Å²) in [6.45, 7) is 0. The molecule has 0 aromatic heterocycles. The molecule has 1 aliphatic rings. The van der Waals surface area contributed by atoms with Gasteiger partial charge in [0.15, 0.2) is 0 Å². The molecule has 1 heterocycles. The number of β-lactam (4-membered cyclic amide) rings is 1. The lowest BCUT2D eigenvalue weighted by Crippen LogP contribution is -2.55. The van der Waals surface area contributed by atoms with Crippen LogP contribution in [-0.2, 0) is 15.8 Å².